The summed E-state index contributed by atoms with van der Waals surface area (Å²) in [7, 11) is 0. The molecule has 19 heavy (non-hydrogen) atoms. The van der Waals surface area contributed by atoms with E-state index in [1.807, 2.05) is 0 Å². The summed E-state index contributed by atoms with van der Waals surface area (Å²) in [5.74, 6) is -0.677. The van der Waals surface area contributed by atoms with Gasteiger partial charge in [0.2, 0.25) is 11.7 Å². The predicted octanol–water partition coefficient (Wildman–Crippen LogP) is 2.53. The molecule has 0 bridgehead atoms. The maximum absolute atomic E-state index is 13.1. The smallest absolute Gasteiger partial charge is 0.303 e. The van der Waals surface area contributed by atoms with Crippen LogP contribution in [-0.4, -0.2) is 21.2 Å². The lowest BCUT2D eigenvalue weighted by molar-refractivity contribution is -0.137. The van der Waals surface area contributed by atoms with Crippen LogP contribution in [0.1, 0.15) is 19.2 Å². The molecule has 1 aromatic heterocycles. The summed E-state index contributed by atoms with van der Waals surface area (Å²) < 4.78 is 18.1. The van der Waals surface area contributed by atoms with Crippen molar-refractivity contribution in [1.82, 2.24) is 10.1 Å². The Morgan fingerprint density at radius 3 is 3.00 bits per heavy atom. The van der Waals surface area contributed by atoms with Crippen molar-refractivity contribution in [3.63, 3.8) is 0 Å². The second-order valence-corrected chi connectivity index (χ2v) is 4.43. The fraction of sp³-hybridized carbons (Fsp3) is 0.308. The number of hydrogen-bond donors (Lipinski definition) is 1. The number of hydrogen-bond acceptors (Lipinski definition) is 4. The van der Waals surface area contributed by atoms with Crippen molar-refractivity contribution in [2.45, 2.75) is 19.8 Å². The topological polar surface area (TPSA) is 76.2 Å². The summed E-state index contributed by atoms with van der Waals surface area (Å²) in [6, 6.07) is 5.89. The standard InChI is InChI=1S/C13H13FN2O3/c1-8(6-12(17)18)5-11-15-13(16-19-11)9-3-2-4-10(14)7-9/h2-4,7-8H,5-6H2,1H3,(H,17,18). The van der Waals surface area contributed by atoms with Crippen LogP contribution >= 0.6 is 0 Å². The average Bonchev–Trinajstić information content (AvgIpc) is 2.76. The van der Waals surface area contributed by atoms with Gasteiger partial charge in [-0.05, 0) is 18.1 Å². The molecule has 1 heterocycles. The third-order valence-electron chi connectivity index (χ3n) is 2.60. The number of aliphatic carboxylic acids is 1. The third kappa shape index (κ3) is 3.61. The summed E-state index contributed by atoms with van der Waals surface area (Å²) in [6.45, 7) is 1.79. The minimum atomic E-state index is -0.864. The van der Waals surface area contributed by atoms with E-state index in [1.54, 1.807) is 19.1 Å². The third-order valence-corrected chi connectivity index (χ3v) is 2.60. The molecule has 0 fully saturated rings. The van der Waals surface area contributed by atoms with Crippen molar-refractivity contribution >= 4 is 5.97 Å². The highest BCUT2D eigenvalue weighted by molar-refractivity contribution is 5.67. The molecule has 1 unspecified atom stereocenters. The highest BCUT2D eigenvalue weighted by Crippen LogP contribution is 2.18. The first-order valence-electron chi connectivity index (χ1n) is 5.85. The molecule has 1 N–H and O–H groups in total. The van der Waals surface area contributed by atoms with Crippen LogP contribution in [-0.2, 0) is 11.2 Å². The maximum Gasteiger partial charge on any atom is 0.303 e. The molecular formula is C13H13FN2O3. The van der Waals surface area contributed by atoms with Crippen LogP contribution in [0.5, 0.6) is 0 Å². The Bertz CT molecular complexity index is 583. The Morgan fingerprint density at radius 2 is 2.32 bits per heavy atom. The van der Waals surface area contributed by atoms with E-state index in [1.165, 1.54) is 12.1 Å². The summed E-state index contributed by atoms with van der Waals surface area (Å²) in [5.41, 5.74) is 0.529. The zero-order valence-electron chi connectivity index (χ0n) is 10.3. The van der Waals surface area contributed by atoms with Crippen LogP contribution in [0.4, 0.5) is 4.39 Å². The minimum absolute atomic E-state index is 0.0394. The zero-order valence-corrected chi connectivity index (χ0v) is 10.3. The molecule has 0 radical (unpaired) electrons. The summed E-state index contributed by atoms with van der Waals surface area (Å²) in [4.78, 5) is 14.7. The lowest BCUT2D eigenvalue weighted by atomic mass is 10.0. The van der Waals surface area contributed by atoms with Crippen molar-refractivity contribution in [1.29, 1.82) is 0 Å². The average molecular weight is 264 g/mol. The van der Waals surface area contributed by atoms with E-state index in [2.05, 4.69) is 10.1 Å². The SMILES string of the molecule is CC(CC(=O)O)Cc1nc(-c2cccc(F)c2)no1. The van der Waals surface area contributed by atoms with Crippen molar-refractivity contribution in [2.75, 3.05) is 0 Å². The largest absolute Gasteiger partial charge is 0.481 e. The number of nitrogens with zero attached hydrogens (tertiary/aromatic N) is 2. The molecule has 2 aromatic rings. The Kier molecular flexibility index (Phi) is 3.89. The lowest BCUT2D eigenvalue weighted by Crippen LogP contribution is -2.07. The van der Waals surface area contributed by atoms with E-state index in [0.29, 0.717) is 23.7 Å². The van der Waals surface area contributed by atoms with E-state index in [4.69, 9.17) is 9.63 Å². The van der Waals surface area contributed by atoms with E-state index < -0.39 is 5.97 Å². The second kappa shape index (κ2) is 5.60. The van der Waals surface area contributed by atoms with Crippen LogP contribution in [0.2, 0.25) is 0 Å². The van der Waals surface area contributed by atoms with Gasteiger partial charge in [-0.3, -0.25) is 4.79 Å². The number of benzene rings is 1. The number of carbonyl (C=O) groups is 1. The first-order chi connectivity index (χ1) is 9.04. The monoisotopic (exact) mass is 264 g/mol. The fourth-order valence-electron chi connectivity index (χ4n) is 1.75. The number of carboxylic acids is 1. The van der Waals surface area contributed by atoms with Crippen LogP contribution in [0.25, 0.3) is 11.4 Å². The molecule has 6 heteroatoms. The quantitative estimate of drug-likeness (QED) is 0.898. The van der Waals surface area contributed by atoms with Crippen LogP contribution < -0.4 is 0 Å². The van der Waals surface area contributed by atoms with Gasteiger partial charge in [0.15, 0.2) is 0 Å². The van der Waals surface area contributed by atoms with Crippen molar-refractivity contribution in [3.8, 4) is 11.4 Å². The maximum atomic E-state index is 13.1. The number of halogens is 1. The molecule has 0 saturated carbocycles. The molecule has 0 amide bonds. The highest BCUT2D eigenvalue weighted by Gasteiger charge is 2.14. The van der Waals surface area contributed by atoms with Gasteiger partial charge >= 0.3 is 5.97 Å². The molecule has 0 aliphatic carbocycles. The molecule has 5 nitrogen and oxygen atoms in total. The van der Waals surface area contributed by atoms with Crippen LogP contribution in [0, 0.1) is 11.7 Å². The molecule has 100 valence electrons. The molecule has 2 rings (SSSR count). The number of carboxylic acid groups (broad SMARTS) is 1. The van der Waals surface area contributed by atoms with Gasteiger partial charge in [0.25, 0.3) is 0 Å². The van der Waals surface area contributed by atoms with Gasteiger partial charge in [-0.15, -0.1) is 0 Å². The van der Waals surface area contributed by atoms with Gasteiger partial charge < -0.3 is 9.63 Å². The van der Waals surface area contributed by atoms with Gasteiger partial charge in [0, 0.05) is 18.4 Å². The zero-order chi connectivity index (χ0) is 13.8. The Balaban J connectivity index is 2.09. The van der Waals surface area contributed by atoms with E-state index in [-0.39, 0.29) is 18.2 Å². The van der Waals surface area contributed by atoms with E-state index in [9.17, 15) is 9.18 Å². The molecule has 0 spiro atoms. The van der Waals surface area contributed by atoms with Crippen molar-refractivity contribution in [3.05, 3.63) is 36.0 Å². The van der Waals surface area contributed by atoms with Gasteiger partial charge in [0.1, 0.15) is 5.82 Å². The molecule has 0 saturated heterocycles. The molecule has 0 aliphatic heterocycles. The lowest BCUT2D eigenvalue weighted by Gasteiger charge is -2.03. The first kappa shape index (κ1) is 13.2. The Hall–Kier alpha value is -2.24. The predicted molar refractivity (Wildman–Crippen MR) is 64.8 cm³/mol. The van der Waals surface area contributed by atoms with Crippen LogP contribution in [0.15, 0.2) is 28.8 Å². The molecule has 1 atom stereocenters. The molecule has 1 aromatic carbocycles. The number of aromatic nitrogens is 2. The normalized spacial score (nSPS) is 12.3. The Labute approximate surface area is 109 Å². The number of rotatable bonds is 5. The molecule has 0 aliphatic rings. The van der Waals surface area contributed by atoms with Gasteiger partial charge in [-0.25, -0.2) is 4.39 Å². The fourth-order valence-corrected chi connectivity index (χ4v) is 1.75. The van der Waals surface area contributed by atoms with Gasteiger partial charge in [-0.1, -0.05) is 24.2 Å². The van der Waals surface area contributed by atoms with E-state index in [0.717, 1.165) is 0 Å². The van der Waals surface area contributed by atoms with Gasteiger partial charge in [0.05, 0.1) is 0 Å². The van der Waals surface area contributed by atoms with Crippen molar-refractivity contribution < 1.29 is 18.8 Å². The highest BCUT2D eigenvalue weighted by atomic mass is 19.1. The van der Waals surface area contributed by atoms with Crippen molar-refractivity contribution in [2.24, 2.45) is 5.92 Å². The summed E-state index contributed by atoms with van der Waals surface area (Å²) in [5, 5.41) is 12.4. The Morgan fingerprint density at radius 1 is 1.53 bits per heavy atom. The van der Waals surface area contributed by atoms with Crippen LogP contribution in [0.3, 0.4) is 0 Å². The van der Waals surface area contributed by atoms with E-state index >= 15 is 0 Å². The second-order valence-electron chi connectivity index (χ2n) is 4.43. The minimum Gasteiger partial charge on any atom is -0.481 e. The first-order valence-corrected chi connectivity index (χ1v) is 5.85. The molecular weight excluding hydrogens is 251 g/mol. The summed E-state index contributed by atoms with van der Waals surface area (Å²) >= 11 is 0. The van der Waals surface area contributed by atoms with Gasteiger partial charge in [-0.2, -0.15) is 4.98 Å². The summed E-state index contributed by atoms with van der Waals surface area (Å²) in [6.07, 6.45) is 0.423.